The average Bonchev–Trinajstić information content (AvgIpc) is 3.23. The van der Waals surface area contributed by atoms with Gasteiger partial charge in [-0.3, -0.25) is 4.98 Å². The van der Waals surface area contributed by atoms with Crippen LogP contribution < -0.4 is 0 Å². The van der Waals surface area contributed by atoms with Gasteiger partial charge in [-0.15, -0.1) is 0 Å². The second-order valence-electron chi connectivity index (χ2n) is 7.23. The molecule has 0 atom stereocenters. The fourth-order valence-electron chi connectivity index (χ4n) is 3.81. The summed E-state index contributed by atoms with van der Waals surface area (Å²) < 4.78 is 5.88. The molecule has 0 N–H and O–H groups in total. The molecule has 0 spiro atoms. The maximum atomic E-state index is 5.88. The van der Waals surface area contributed by atoms with Crippen molar-refractivity contribution in [1.29, 1.82) is 0 Å². The molecule has 5 nitrogen and oxygen atoms in total. The molecular formula is C25H16N4O. The van der Waals surface area contributed by atoms with Crippen LogP contribution in [0.2, 0.25) is 0 Å². The number of aryl methyl sites for hydroxylation is 1. The van der Waals surface area contributed by atoms with E-state index in [1.165, 1.54) is 0 Å². The van der Waals surface area contributed by atoms with E-state index in [1.807, 2.05) is 55.5 Å². The highest BCUT2D eigenvalue weighted by molar-refractivity contribution is 6.06. The zero-order chi connectivity index (χ0) is 20.1. The van der Waals surface area contributed by atoms with E-state index in [4.69, 9.17) is 14.4 Å². The number of oxazole rings is 1. The van der Waals surface area contributed by atoms with Gasteiger partial charge in [0.1, 0.15) is 11.2 Å². The Balaban J connectivity index is 1.53. The van der Waals surface area contributed by atoms with Gasteiger partial charge in [-0.1, -0.05) is 48.5 Å². The van der Waals surface area contributed by atoms with Crippen molar-refractivity contribution in [2.45, 2.75) is 6.92 Å². The Kier molecular flexibility index (Phi) is 3.62. The Morgan fingerprint density at radius 2 is 1.63 bits per heavy atom. The van der Waals surface area contributed by atoms with Crippen molar-refractivity contribution in [3.05, 3.63) is 84.7 Å². The third-order valence-corrected chi connectivity index (χ3v) is 5.31. The summed E-state index contributed by atoms with van der Waals surface area (Å²) in [6.07, 6.45) is 1.74. The highest BCUT2D eigenvalue weighted by Gasteiger charge is 2.13. The minimum Gasteiger partial charge on any atom is -0.435 e. The van der Waals surface area contributed by atoms with E-state index >= 15 is 0 Å². The molecule has 142 valence electrons. The predicted molar refractivity (Wildman–Crippen MR) is 118 cm³/mol. The van der Waals surface area contributed by atoms with Gasteiger partial charge in [-0.05, 0) is 36.6 Å². The molecule has 3 aromatic heterocycles. The van der Waals surface area contributed by atoms with E-state index in [9.17, 15) is 0 Å². The van der Waals surface area contributed by atoms with Crippen LogP contribution in [-0.2, 0) is 0 Å². The van der Waals surface area contributed by atoms with E-state index in [0.29, 0.717) is 17.4 Å². The first-order valence-corrected chi connectivity index (χ1v) is 9.75. The molecule has 3 heterocycles. The maximum absolute atomic E-state index is 5.88. The van der Waals surface area contributed by atoms with E-state index in [-0.39, 0.29) is 0 Å². The molecule has 0 fully saturated rings. The van der Waals surface area contributed by atoms with Crippen molar-refractivity contribution < 1.29 is 4.42 Å². The van der Waals surface area contributed by atoms with Gasteiger partial charge < -0.3 is 4.42 Å². The average molecular weight is 388 g/mol. The van der Waals surface area contributed by atoms with Crippen molar-refractivity contribution in [2.75, 3.05) is 0 Å². The summed E-state index contributed by atoms with van der Waals surface area (Å²) in [7, 11) is 0. The highest BCUT2D eigenvalue weighted by Crippen LogP contribution is 2.29. The number of aromatic nitrogens is 4. The molecule has 0 radical (unpaired) electrons. The van der Waals surface area contributed by atoms with E-state index in [1.54, 1.807) is 6.20 Å². The largest absolute Gasteiger partial charge is 0.435 e. The zero-order valence-corrected chi connectivity index (χ0v) is 16.2. The number of fused-ring (bicyclic) bond motifs is 4. The predicted octanol–water partition coefficient (Wildman–Crippen LogP) is 5.96. The molecule has 3 aromatic carbocycles. The van der Waals surface area contributed by atoms with Gasteiger partial charge in [0.05, 0.1) is 5.52 Å². The highest BCUT2D eigenvalue weighted by atomic mass is 16.3. The molecule has 0 amide bonds. The molecule has 0 bridgehead atoms. The summed E-state index contributed by atoms with van der Waals surface area (Å²) in [6, 6.07) is 24.0. The fraction of sp³-hybridized carbons (Fsp3) is 0.0400. The normalized spacial score (nSPS) is 11.5. The molecule has 5 heteroatoms. The summed E-state index contributed by atoms with van der Waals surface area (Å²) in [6.45, 7) is 2.02. The van der Waals surface area contributed by atoms with Gasteiger partial charge >= 0.3 is 0 Å². The van der Waals surface area contributed by atoms with Gasteiger partial charge in [0.2, 0.25) is 5.89 Å². The van der Waals surface area contributed by atoms with Crippen molar-refractivity contribution >= 4 is 32.8 Å². The second kappa shape index (κ2) is 6.46. The van der Waals surface area contributed by atoms with Crippen LogP contribution >= 0.6 is 0 Å². The summed E-state index contributed by atoms with van der Waals surface area (Å²) in [5, 5.41) is 3.34. The van der Waals surface area contributed by atoms with Gasteiger partial charge in [-0.2, -0.15) is 0 Å². The summed E-state index contributed by atoms with van der Waals surface area (Å²) in [5.41, 5.74) is 4.98. The van der Waals surface area contributed by atoms with Gasteiger partial charge in [-0.25, -0.2) is 15.0 Å². The molecule has 0 unspecified atom stereocenters. The molecular weight excluding hydrogens is 372 g/mol. The Labute approximate surface area is 172 Å². The first-order valence-electron chi connectivity index (χ1n) is 9.75. The summed E-state index contributed by atoms with van der Waals surface area (Å²) in [5.74, 6) is 1.15. The Morgan fingerprint density at radius 1 is 0.767 bits per heavy atom. The van der Waals surface area contributed by atoms with Crippen LogP contribution in [-0.4, -0.2) is 19.9 Å². The topological polar surface area (TPSA) is 64.7 Å². The molecule has 30 heavy (non-hydrogen) atoms. The number of hydrogen-bond acceptors (Lipinski definition) is 5. The van der Waals surface area contributed by atoms with Crippen molar-refractivity contribution in [3.63, 3.8) is 0 Å². The Hall–Kier alpha value is -4.12. The number of benzene rings is 3. The second-order valence-corrected chi connectivity index (χ2v) is 7.23. The van der Waals surface area contributed by atoms with Gasteiger partial charge in [0.25, 0.3) is 0 Å². The SMILES string of the molecule is Cc1nc(-c2ccnc(-c3nc4ccccc4o3)c2)nc2c1ccc1ccccc12. The molecule has 6 rings (SSSR count). The van der Waals surface area contributed by atoms with E-state index in [2.05, 4.69) is 34.2 Å². The maximum Gasteiger partial charge on any atom is 0.246 e. The van der Waals surface area contributed by atoms with Crippen LogP contribution in [0.3, 0.4) is 0 Å². The third kappa shape index (κ3) is 2.63. The Bertz CT molecular complexity index is 1540. The number of hydrogen-bond donors (Lipinski definition) is 0. The first kappa shape index (κ1) is 16.8. The number of para-hydroxylation sites is 2. The Morgan fingerprint density at radius 3 is 2.57 bits per heavy atom. The number of rotatable bonds is 2. The van der Waals surface area contributed by atoms with E-state index < -0.39 is 0 Å². The van der Waals surface area contributed by atoms with Crippen LogP contribution in [0.1, 0.15) is 5.69 Å². The third-order valence-electron chi connectivity index (χ3n) is 5.31. The lowest BCUT2D eigenvalue weighted by Gasteiger charge is -2.09. The number of nitrogens with zero attached hydrogens (tertiary/aromatic N) is 4. The van der Waals surface area contributed by atoms with Crippen LogP contribution in [0.4, 0.5) is 0 Å². The lowest BCUT2D eigenvalue weighted by Crippen LogP contribution is -1.96. The fourth-order valence-corrected chi connectivity index (χ4v) is 3.81. The minimum atomic E-state index is 0.487. The molecule has 0 saturated carbocycles. The van der Waals surface area contributed by atoms with Crippen molar-refractivity contribution in [1.82, 2.24) is 19.9 Å². The number of pyridine rings is 1. The van der Waals surface area contributed by atoms with Crippen LogP contribution in [0.25, 0.3) is 55.7 Å². The van der Waals surface area contributed by atoms with Crippen molar-refractivity contribution in [2.24, 2.45) is 0 Å². The molecule has 0 aliphatic rings. The lowest BCUT2D eigenvalue weighted by atomic mass is 10.0. The molecule has 0 aliphatic heterocycles. The quantitative estimate of drug-likeness (QED) is 0.342. The summed E-state index contributed by atoms with van der Waals surface area (Å²) in [4.78, 5) is 18.7. The van der Waals surface area contributed by atoms with Gasteiger partial charge in [0.15, 0.2) is 11.4 Å². The van der Waals surface area contributed by atoms with Gasteiger partial charge in [0, 0.05) is 28.2 Å². The van der Waals surface area contributed by atoms with Crippen LogP contribution in [0, 0.1) is 6.92 Å². The first-order chi connectivity index (χ1) is 14.8. The molecule has 6 aromatic rings. The molecule has 0 aliphatic carbocycles. The van der Waals surface area contributed by atoms with Crippen molar-refractivity contribution in [3.8, 4) is 23.0 Å². The minimum absolute atomic E-state index is 0.487. The lowest BCUT2D eigenvalue weighted by molar-refractivity contribution is 0.617. The van der Waals surface area contributed by atoms with Crippen LogP contribution in [0.5, 0.6) is 0 Å². The van der Waals surface area contributed by atoms with Crippen LogP contribution in [0.15, 0.2) is 83.4 Å². The smallest absolute Gasteiger partial charge is 0.246 e. The zero-order valence-electron chi connectivity index (χ0n) is 16.2. The molecule has 0 saturated heterocycles. The standard InChI is InChI=1S/C25H16N4O/c1-15-18-11-10-16-6-2-3-7-19(16)23(18)29-24(27-15)17-12-13-26-21(14-17)25-28-20-8-4-5-9-22(20)30-25/h2-14H,1H3. The summed E-state index contributed by atoms with van der Waals surface area (Å²) >= 11 is 0. The monoisotopic (exact) mass is 388 g/mol. The van der Waals surface area contributed by atoms with E-state index in [0.717, 1.165) is 44.0 Å².